The van der Waals surface area contributed by atoms with Crippen molar-refractivity contribution in [2.45, 2.75) is 32.6 Å². The normalized spacial score (nSPS) is 17.8. The lowest BCUT2D eigenvalue weighted by atomic mass is 9.83. The minimum Gasteiger partial charge on any atom is -0.353 e. The van der Waals surface area contributed by atoms with Crippen LogP contribution in [0.25, 0.3) is 0 Å². The first kappa shape index (κ1) is 9.30. The number of allylic oxidation sites excluding steroid dienone is 1. The molecule has 0 atom stereocenters. The Bertz CT molecular complexity index is 171. The molecule has 0 saturated heterocycles. The van der Waals surface area contributed by atoms with Gasteiger partial charge in [0.15, 0.2) is 0 Å². The second-order valence-electron chi connectivity index (χ2n) is 3.38. The van der Waals surface area contributed by atoms with Gasteiger partial charge in [-0.3, -0.25) is 4.79 Å². The molecular weight excluding hydrogens is 150 g/mol. The molecule has 0 aromatic rings. The van der Waals surface area contributed by atoms with Crippen LogP contribution >= 0.6 is 0 Å². The lowest BCUT2D eigenvalue weighted by molar-refractivity contribution is -0.116. The first-order valence-corrected chi connectivity index (χ1v) is 4.73. The van der Waals surface area contributed by atoms with Gasteiger partial charge >= 0.3 is 0 Å². The molecule has 0 aromatic heterocycles. The zero-order valence-corrected chi connectivity index (χ0v) is 7.68. The van der Waals surface area contributed by atoms with Gasteiger partial charge in [0, 0.05) is 6.54 Å². The van der Waals surface area contributed by atoms with Crippen LogP contribution in [0.2, 0.25) is 0 Å². The van der Waals surface area contributed by atoms with Gasteiger partial charge in [-0.2, -0.15) is 0 Å². The lowest BCUT2D eigenvalue weighted by Crippen LogP contribution is -2.25. The van der Waals surface area contributed by atoms with E-state index >= 15 is 0 Å². The van der Waals surface area contributed by atoms with Crippen LogP contribution in [0, 0.1) is 5.92 Å². The molecule has 0 radical (unpaired) electrons. The summed E-state index contributed by atoms with van der Waals surface area (Å²) in [6.07, 6.45) is 8.59. The molecule has 68 valence electrons. The van der Waals surface area contributed by atoms with E-state index in [1.807, 2.05) is 6.92 Å². The lowest BCUT2D eigenvalue weighted by Gasteiger charge is -2.24. The Kier molecular flexibility index (Phi) is 3.85. The van der Waals surface area contributed by atoms with E-state index in [0.717, 1.165) is 18.9 Å². The molecule has 1 saturated carbocycles. The second-order valence-corrected chi connectivity index (χ2v) is 3.38. The van der Waals surface area contributed by atoms with Crippen molar-refractivity contribution in [2.24, 2.45) is 5.92 Å². The van der Waals surface area contributed by atoms with Gasteiger partial charge in [-0.15, -0.1) is 0 Å². The van der Waals surface area contributed by atoms with Gasteiger partial charge in [-0.05, 0) is 25.3 Å². The molecule has 1 amide bonds. The summed E-state index contributed by atoms with van der Waals surface area (Å²) in [7, 11) is 0. The number of hydrogen-bond acceptors (Lipinski definition) is 1. The van der Waals surface area contributed by atoms with Crippen molar-refractivity contribution in [3.63, 3.8) is 0 Å². The number of amides is 1. The minimum atomic E-state index is 0.0387. The van der Waals surface area contributed by atoms with E-state index in [1.165, 1.54) is 19.3 Å². The van der Waals surface area contributed by atoms with Crippen LogP contribution in [-0.4, -0.2) is 12.5 Å². The molecule has 0 bridgehead atoms. The van der Waals surface area contributed by atoms with Gasteiger partial charge in [0.1, 0.15) is 0 Å². The van der Waals surface area contributed by atoms with Crippen LogP contribution in [0.3, 0.4) is 0 Å². The Labute approximate surface area is 74.0 Å². The average molecular weight is 167 g/mol. The fourth-order valence-corrected chi connectivity index (χ4v) is 1.39. The Hall–Kier alpha value is -0.790. The standard InChI is InChI=1S/C10H17NO/c1-2-4-10(12)11-8-7-9-5-3-6-9/h2,4,9H,3,5-8H2,1H3,(H,11,12)/b4-2+. The minimum absolute atomic E-state index is 0.0387. The van der Waals surface area contributed by atoms with Crippen LogP contribution in [0.1, 0.15) is 32.6 Å². The largest absolute Gasteiger partial charge is 0.353 e. The zero-order valence-electron chi connectivity index (χ0n) is 7.68. The SMILES string of the molecule is C/C=C/C(=O)NCCC1CCC1. The van der Waals surface area contributed by atoms with Crippen LogP contribution in [0.4, 0.5) is 0 Å². The van der Waals surface area contributed by atoms with E-state index in [9.17, 15) is 4.79 Å². The highest BCUT2D eigenvalue weighted by molar-refractivity contribution is 5.87. The van der Waals surface area contributed by atoms with Crippen molar-refractivity contribution in [3.05, 3.63) is 12.2 Å². The molecule has 1 aliphatic rings. The number of carbonyl (C=O) groups is 1. The van der Waals surface area contributed by atoms with E-state index in [-0.39, 0.29) is 5.91 Å². The molecule has 1 rings (SSSR count). The highest BCUT2D eigenvalue weighted by Crippen LogP contribution is 2.28. The van der Waals surface area contributed by atoms with Crippen molar-refractivity contribution in [2.75, 3.05) is 6.54 Å². The Morgan fingerprint density at radius 1 is 1.58 bits per heavy atom. The van der Waals surface area contributed by atoms with E-state index in [4.69, 9.17) is 0 Å². The maximum absolute atomic E-state index is 10.9. The van der Waals surface area contributed by atoms with Crippen molar-refractivity contribution in [3.8, 4) is 0 Å². The summed E-state index contributed by atoms with van der Waals surface area (Å²) in [4.78, 5) is 10.9. The van der Waals surface area contributed by atoms with Crippen LogP contribution in [0.15, 0.2) is 12.2 Å². The molecule has 0 spiro atoms. The fraction of sp³-hybridized carbons (Fsp3) is 0.700. The second kappa shape index (κ2) is 4.96. The molecule has 2 nitrogen and oxygen atoms in total. The van der Waals surface area contributed by atoms with Crippen molar-refractivity contribution < 1.29 is 4.79 Å². The molecule has 0 aromatic carbocycles. The Morgan fingerprint density at radius 3 is 2.83 bits per heavy atom. The summed E-state index contributed by atoms with van der Waals surface area (Å²) in [6.45, 7) is 2.69. The van der Waals surface area contributed by atoms with Gasteiger partial charge in [-0.1, -0.05) is 25.3 Å². The quantitative estimate of drug-likeness (QED) is 0.636. The van der Waals surface area contributed by atoms with E-state index in [0.29, 0.717) is 0 Å². The van der Waals surface area contributed by atoms with E-state index in [2.05, 4.69) is 5.32 Å². The van der Waals surface area contributed by atoms with Gasteiger partial charge in [0.05, 0.1) is 0 Å². The Balaban J connectivity index is 1.97. The fourth-order valence-electron chi connectivity index (χ4n) is 1.39. The molecule has 2 heteroatoms. The maximum Gasteiger partial charge on any atom is 0.243 e. The first-order chi connectivity index (χ1) is 5.83. The third-order valence-electron chi connectivity index (χ3n) is 2.39. The number of carbonyl (C=O) groups excluding carboxylic acids is 1. The summed E-state index contributed by atoms with van der Waals surface area (Å²) < 4.78 is 0. The molecule has 0 aliphatic heterocycles. The molecule has 1 N–H and O–H groups in total. The van der Waals surface area contributed by atoms with Gasteiger partial charge in [0.25, 0.3) is 0 Å². The summed E-state index contributed by atoms with van der Waals surface area (Å²) in [5.74, 6) is 0.924. The van der Waals surface area contributed by atoms with Gasteiger partial charge < -0.3 is 5.32 Å². The van der Waals surface area contributed by atoms with Crippen LogP contribution in [0.5, 0.6) is 0 Å². The molecule has 1 aliphatic carbocycles. The molecule has 1 fully saturated rings. The third-order valence-corrected chi connectivity index (χ3v) is 2.39. The van der Waals surface area contributed by atoms with Crippen molar-refractivity contribution in [1.82, 2.24) is 5.32 Å². The number of nitrogens with one attached hydrogen (secondary N) is 1. The zero-order chi connectivity index (χ0) is 8.81. The highest BCUT2D eigenvalue weighted by Gasteiger charge is 2.16. The highest BCUT2D eigenvalue weighted by atomic mass is 16.1. The summed E-state index contributed by atoms with van der Waals surface area (Å²) in [5, 5.41) is 2.86. The summed E-state index contributed by atoms with van der Waals surface area (Å²) >= 11 is 0. The molecule has 0 unspecified atom stereocenters. The first-order valence-electron chi connectivity index (χ1n) is 4.73. The molecule has 12 heavy (non-hydrogen) atoms. The van der Waals surface area contributed by atoms with Crippen molar-refractivity contribution in [1.29, 1.82) is 0 Å². The molecular formula is C10H17NO. The third kappa shape index (κ3) is 3.07. The number of hydrogen-bond donors (Lipinski definition) is 1. The molecule has 0 heterocycles. The maximum atomic E-state index is 10.9. The smallest absolute Gasteiger partial charge is 0.243 e. The monoisotopic (exact) mass is 167 g/mol. The number of rotatable bonds is 4. The van der Waals surface area contributed by atoms with Crippen molar-refractivity contribution >= 4 is 5.91 Å². The van der Waals surface area contributed by atoms with Gasteiger partial charge in [-0.25, -0.2) is 0 Å². The summed E-state index contributed by atoms with van der Waals surface area (Å²) in [5.41, 5.74) is 0. The van der Waals surface area contributed by atoms with E-state index < -0.39 is 0 Å². The average Bonchev–Trinajstić information content (AvgIpc) is 1.95. The summed E-state index contributed by atoms with van der Waals surface area (Å²) in [6, 6.07) is 0. The van der Waals surface area contributed by atoms with Crippen LogP contribution in [-0.2, 0) is 4.79 Å². The van der Waals surface area contributed by atoms with E-state index in [1.54, 1.807) is 12.2 Å². The predicted molar refractivity (Wildman–Crippen MR) is 49.8 cm³/mol. The predicted octanol–water partition coefficient (Wildman–Crippen LogP) is 1.87. The van der Waals surface area contributed by atoms with Crippen LogP contribution < -0.4 is 5.32 Å². The topological polar surface area (TPSA) is 29.1 Å². The Morgan fingerprint density at radius 2 is 2.33 bits per heavy atom. The van der Waals surface area contributed by atoms with Gasteiger partial charge in [0.2, 0.25) is 5.91 Å².